The highest BCUT2D eigenvalue weighted by molar-refractivity contribution is 5.97. The zero-order chi connectivity index (χ0) is 22.7. The van der Waals surface area contributed by atoms with Crippen molar-refractivity contribution in [1.29, 1.82) is 0 Å². The van der Waals surface area contributed by atoms with Crippen molar-refractivity contribution >= 4 is 17.5 Å². The van der Waals surface area contributed by atoms with Gasteiger partial charge in [0.25, 0.3) is 0 Å². The maximum Gasteiger partial charge on any atom is 0.319 e. The normalized spacial score (nSPS) is 24.5. The first-order chi connectivity index (χ1) is 16.1. The molecule has 33 heavy (non-hydrogen) atoms. The van der Waals surface area contributed by atoms with Crippen LogP contribution in [0, 0.1) is 0 Å². The number of piperazine rings is 1. The number of benzene rings is 2. The molecule has 1 spiro atoms. The summed E-state index contributed by atoms with van der Waals surface area (Å²) in [7, 11) is 0. The Balaban J connectivity index is 1.11. The number of likely N-dealkylation sites (tertiary alicyclic amines) is 1. The summed E-state index contributed by atoms with van der Waals surface area (Å²) < 4.78 is 0. The number of nitrogens with one attached hydrogen (secondary N) is 1. The highest BCUT2D eigenvalue weighted by atomic mass is 16.2. The van der Waals surface area contributed by atoms with Crippen molar-refractivity contribution in [1.82, 2.24) is 20.0 Å². The van der Waals surface area contributed by atoms with Crippen LogP contribution in [0.2, 0.25) is 0 Å². The van der Waals surface area contributed by atoms with Crippen LogP contribution in [0.4, 0.5) is 10.5 Å². The Labute approximate surface area is 195 Å². The third-order valence-corrected chi connectivity index (χ3v) is 7.27. The molecule has 3 heterocycles. The molecule has 7 nitrogen and oxygen atoms in total. The van der Waals surface area contributed by atoms with Gasteiger partial charge in [0.2, 0.25) is 0 Å². The number of piperidine rings is 1. The molecule has 2 aromatic rings. The van der Waals surface area contributed by atoms with Gasteiger partial charge >= 0.3 is 6.03 Å². The summed E-state index contributed by atoms with van der Waals surface area (Å²) in [5, 5.41) is 3.06. The SMILES string of the molecule is O=C1NC2(CCN(CCc3ccccc3)CC2=O)CN1CN1CCN(c2ccccc2)CC1. The first kappa shape index (κ1) is 21.9. The predicted octanol–water partition coefficient (Wildman–Crippen LogP) is 2.05. The highest BCUT2D eigenvalue weighted by Crippen LogP contribution is 2.26. The Hall–Kier alpha value is -2.90. The van der Waals surface area contributed by atoms with Crippen molar-refractivity contribution in [2.45, 2.75) is 18.4 Å². The zero-order valence-electron chi connectivity index (χ0n) is 19.2. The van der Waals surface area contributed by atoms with Crippen LogP contribution < -0.4 is 10.2 Å². The average molecular weight is 448 g/mol. The van der Waals surface area contributed by atoms with Gasteiger partial charge < -0.3 is 15.1 Å². The van der Waals surface area contributed by atoms with Crippen LogP contribution in [0.1, 0.15) is 12.0 Å². The summed E-state index contributed by atoms with van der Waals surface area (Å²) in [6.45, 7) is 6.89. The fourth-order valence-corrected chi connectivity index (χ4v) is 5.21. The van der Waals surface area contributed by atoms with E-state index >= 15 is 0 Å². The van der Waals surface area contributed by atoms with E-state index in [1.165, 1.54) is 11.3 Å². The van der Waals surface area contributed by atoms with Gasteiger partial charge in [-0.3, -0.25) is 14.6 Å². The number of carbonyl (C=O) groups is 2. The molecule has 0 bridgehead atoms. The van der Waals surface area contributed by atoms with Crippen molar-refractivity contribution in [2.75, 3.05) is 63.9 Å². The van der Waals surface area contributed by atoms with Gasteiger partial charge in [-0.1, -0.05) is 48.5 Å². The minimum Gasteiger partial charge on any atom is -0.369 e. The Morgan fingerprint density at radius 3 is 2.21 bits per heavy atom. The molecule has 1 unspecified atom stereocenters. The van der Waals surface area contributed by atoms with Crippen LogP contribution in [-0.2, 0) is 11.2 Å². The van der Waals surface area contributed by atoms with E-state index in [1.807, 2.05) is 17.0 Å². The van der Waals surface area contributed by atoms with E-state index in [2.05, 4.69) is 68.5 Å². The van der Waals surface area contributed by atoms with Crippen molar-refractivity contribution in [3.63, 3.8) is 0 Å². The molecule has 3 saturated heterocycles. The van der Waals surface area contributed by atoms with Crippen LogP contribution in [-0.4, -0.2) is 91.1 Å². The number of carbonyl (C=O) groups excluding carboxylic acids is 2. The molecule has 0 aliphatic carbocycles. The second kappa shape index (κ2) is 9.53. The molecule has 7 heteroatoms. The standard InChI is InChI=1S/C26H33N5O2/c32-24-19-28(13-11-22-7-3-1-4-8-22)14-12-26(24)20-31(25(33)27-26)21-29-15-17-30(18-16-29)23-9-5-2-6-10-23/h1-10H,11-21H2,(H,27,33). The number of Topliss-reactive ketones (excluding diaryl/α,β-unsaturated/α-hetero) is 1. The van der Waals surface area contributed by atoms with Crippen molar-refractivity contribution in [3.05, 3.63) is 66.2 Å². The molecule has 0 saturated carbocycles. The van der Waals surface area contributed by atoms with E-state index in [0.717, 1.165) is 45.7 Å². The third-order valence-electron chi connectivity index (χ3n) is 7.27. The lowest BCUT2D eigenvalue weighted by Crippen LogP contribution is -2.60. The van der Waals surface area contributed by atoms with Gasteiger partial charge in [0.1, 0.15) is 5.54 Å². The van der Waals surface area contributed by atoms with Gasteiger partial charge in [0, 0.05) is 45.0 Å². The summed E-state index contributed by atoms with van der Waals surface area (Å²) in [4.78, 5) is 34.6. The highest BCUT2D eigenvalue weighted by Gasteiger charge is 2.50. The van der Waals surface area contributed by atoms with Crippen LogP contribution in [0.5, 0.6) is 0 Å². The van der Waals surface area contributed by atoms with Crippen LogP contribution in [0.15, 0.2) is 60.7 Å². The lowest BCUT2D eigenvalue weighted by molar-refractivity contribution is -0.129. The van der Waals surface area contributed by atoms with Gasteiger partial charge in [0.05, 0.1) is 19.8 Å². The van der Waals surface area contributed by atoms with E-state index in [-0.39, 0.29) is 11.8 Å². The fraction of sp³-hybridized carbons (Fsp3) is 0.462. The van der Waals surface area contributed by atoms with E-state index in [0.29, 0.717) is 26.2 Å². The summed E-state index contributed by atoms with van der Waals surface area (Å²) in [5.74, 6) is 0.145. The lowest BCUT2D eigenvalue weighted by Gasteiger charge is -2.39. The quantitative estimate of drug-likeness (QED) is 0.735. The Morgan fingerprint density at radius 2 is 1.52 bits per heavy atom. The Kier molecular flexibility index (Phi) is 6.33. The first-order valence-electron chi connectivity index (χ1n) is 12.0. The second-order valence-electron chi connectivity index (χ2n) is 9.48. The van der Waals surface area contributed by atoms with Gasteiger partial charge in [-0.2, -0.15) is 0 Å². The van der Waals surface area contributed by atoms with E-state index in [1.54, 1.807) is 0 Å². The molecule has 3 fully saturated rings. The van der Waals surface area contributed by atoms with Crippen molar-refractivity contribution in [2.24, 2.45) is 0 Å². The van der Waals surface area contributed by atoms with Gasteiger partial charge in [-0.15, -0.1) is 0 Å². The number of anilines is 1. The van der Waals surface area contributed by atoms with Gasteiger partial charge in [-0.05, 0) is 30.5 Å². The molecule has 0 radical (unpaired) electrons. The molecular formula is C26H33N5O2. The monoisotopic (exact) mass is 447 g/mol. The molecule has 3 aliphatic heterocycles. The van der Waals surface area contributed by atoms with E-state index < -0.39 is 5.54 Å². The molecule has 5 rings (SSSR count). The molecule has 0 aromatic heterocycles. The van der Waals surface area contributed by atoms with Gasteiger partial charge in [-0.25, -0.2) is 4.79 Å². The van der Waals surface area contributed by atoms with E-state index in [4.69, 9.17) is 0 Å². The summed E-state index contributed by atoms with van der Waals surface area (Å²) in [6, 6.07) is 20.7. The van der Waals surface area contributed by atoms with Crippen LogP contribution >= 0.6 is 0 Å². The minimum atomic E-state index is -0.716. The van der Waals surface area contributed by atoms with Gasteiger partial charge in [0.15, 0.2) is 5.78 Å². The van der Waals surface area contributed by atoms with Crippen molar-refractivity contribution in [3.8, 4) is 0 Å². The zero-order valence-corrected chi connectivity index (χ0v) is 19.2. The second-order valence-corrected chi connectivity index (χ2v) is 9.48. The summed E-state index contributed by atoms with van der Waals surface area (Å²) in [5.41, 5.74) is 1.82. The fourth-order valence-electron chi connectivity index (χ4n) is 5.21. The number of hydrogen-bond donors (Lipinski definition) is 1. The summed E-state index contributed by atoms with van der Waals surface area (Å²) in [6.07, 6.45) is 1.62. The number of urea groups is 1. The minimum absolute atomic E-state index is 0.105. The smallest absolute Gasteiger partial charge is 0.319 e. The maximum absolute atomic E-state index is 13.1. The first-order valence-corrected chi connectivity index (χ1v) is 12.0. The van der Waals surface area contributed by atoms with Crippen molar-refractivity contribution < 1.29 is 9.59 Å². The molecule has 1 atom stereocenters. The average Bonchev–Trinajstić information content (AvgIpc) is 3.17. The molecule has 2 amide bonds. The maximum atomic E-state index is 13.1. The number of hydrogen-bond acceptors (Lipinski definition) is 5. The number of rotatable bonds is 6. The molecule has 3 aliphatic rings. The number of para-hydroxylation sites is 1. The molecule has 1 N–H and O–H groups in total. The topological polar surface area (TPSA) is 59.1 Å². The largest absolute Gasteiger partial charge is 0.369 e. The lowest BCUT2D eigenvalue weighted by atomic mass is 9.87. The van der Waals surface area contributed by atoms with E-state index in [9.17, 15) is 9.59 Å². The molecule has 2 aromatic carbocycles. The van der Waals surface area contributed by atoms with Crippen LogP contribution in [0.3, 0.4) is 0 Å². The summed E-state index contributed by atoms with van der Waals surface area (Å²) >= 11 is 0. The number of ketones is 1. The molecule has 174 valence electrons. The molecular weight excluding hydrogens is 414 g/mol. The Morgan fingerprint density at radius 1 is 0.818 bits per heavy atom. The Bertz CT molecular complexity index is 961. The number of nitrogens with zero attached hydrogens (tertiary/aromatic N) is 4. The number of amides is 2. The third kappa shape index (κ3) is 4.89. The van der Waals surface area contributed by atoms with Crippen LogP contribution in [0.25, 0.3) is 0 Å². The predicted molar refractivity (Wildman–Crippen MR) is 129 cm³/mol.